The third-order valence-corrected chi connectivity index (χ3v) is 5.15. The van der Waals surface area contributed by atoms with Crippen LogP contribution in [0.2, 0.25) is 0 Å². The van der Waals surface area contributed by atoms with Gasteiger partial charge in [-0.1, -0.05) is 60.7 Å². The van der Waals surface area contributed by atoms with Gasteiger partial charge >= 0.3 is 0 Å². The highest BCUT2D eigenvalue weighted by molar-refractivity contribution is 6.19. The largest absolute Gasteiger partial charge is 0.296 e. The molecule has 134 valence electrons. The van der Waals surface area contributed by atoms with E-state index in [-0.39, 0.29) is 11.6 Å². The number of carbonyl (C=O) groups excluding carboxylic acids is 2. The Hall–Kier alpha value is -3.79. The summed E-state index contributed by atoms with van der Waals surface area (Å²) in [4.78, 5) is 30.3. The van der Waals surface area contributed by atoms with E-state index >= 15 is 0 Å². The summed E-state index contributed by atoms with van der Waals surface area (Å²) in [5, 5.41) is 2.75. The van der Waals surface area contributed by atoms with Crippen molar-refractivity contribution in [2.45, 2.75) is 6.92 Å². The average molecular weight is 364 g/mol. The molecule has 0 aliphatic rings. The number of aromatic nitrogens is 2. The average Bonchev–Trinajstić information content (AvgIpc) is 3.13. The van der Waals surface area contributed by atoms with Gasteiger partial charge in [0.1, 0.15) is 6.33 Å². The first-order valence-electron chi connectivity index (χ1n) is 9.07. The van der Waals surface area contributed by atoms with E-state index in [1.165, 1.54) is 6.92 Å². The lowest BCUT2D eigenvalue weighted by Gasteiger charge is -2.07. The SMILES string of the molecule is CC(=O)c1cc(C(=O)c2cccc3ccccc23)n2cnc3ccccc3c12. The van der Waals surface area contributed by atoms with Gasteiger partial charge in [-0.05, 0) is 29.8 Å². The van der Waals surface area contributed by atoms with Crippen LogP contribution < -0.4 is 0 Å². The Labute approximate surface area is 161 Å². The molecule has 4 heteroatoms. The standard InChI is InChI=1S/C24H16N2O2/c1-15(27)20-13-22(26-14-25-21-12-5-4-10-19(21)23(20)26)24(28)18-11-6-8-16-7-2-3-9-17(16)18/h2-14H,1H3. The maximum Gasteiger partial charge on any atom is 0.210 e. The lowest BCUT2D eigenvalue weighted by atomic mass is 9.99. The molecular formula is C24H16N2O2. The summed E-state index contributed by atoms with van der Waals surface area (Å²) in [6, 6.07) is 22.8. The van der Waals surface area contributed by atoms with Crippen molar-refractivity contribution >= 4 is 38.8 Å². The Morgan fingerprint density at radius 3 is 2.36 bits per heavy atom. The van der Waals surface area contributed by atoms with Gasteiger partial charge < -0.3 is 0 Å². The monoisotopic (exact) mass is 364 g/mol. The van der Waals surface area contributed by atoms with Crippen molar-refractivity contribution in [1.82, 2.24) is 9.38 Å². The first-order chi connectivity index (χ1) is 13.6. The van der Waals surface area contributed by atoms with Crippen LogP contribution in [0.3, 0.4) is 0 Å². The van der Waals surface area contributed by atoms with E-state index in [1.807, 2.05) is 66.7 Å². The number of Topliss-reactive ketones (excluding diaryl/α,β-unsaturated/α-hetero) is 1. The summed E-state index contributed by atoms with van der Waals surface area (Å²) in [5.74, 6) is -0.206. The second-order valence-corrected chi connectivity index (χ2v) is 6.84. The molecular weight excluding hydrogens is 348 g/mol. The Morgan fingerprint density at radius 1 is 0.821 bits per heavy atom. The zero-order chi connectivity index (χ0) is 19.3. The van der Waals surface area contributed by atoms with Crippen molar-refractivity contribution < 1.29 is 9.59 Å². The van der Waals surface area contributed by atoms with E-state index in [2.05, 4.69) is 4.98 Å². The van der Waals surface area contributed by atoms with E-state index in [9.17, 15) is 9.59 Å². The number of hydrogen-bond donors (Lipinski definition) is 0. The summed E-state index contributed by atoms with van der Waals surface area (Å²) in [6.45, 7) is 1.52. The van der Waals surface area contributed by atoms with E-state index in [4.69, 9.17) is 0 Å². The van der Waals surface area contributed by atoms with Crippen molar-refractivity contribution in [2.24, 2.45) is 0 Å². The first-order valence-corrected chi connectivity index (χ1v) is 9.07. The molecule has 0 unspecified atom stereocenters. The van der Waals surface area contributed by atoms with E-state index in [1.54, 1.807) is 16.8 Å². The lowest BCUT2D eigenvalue weighted by molar-refractivity contribution is 0.101. The summed E-state index contributed by atoms with van der Waals surface area (Å²) in [6.07, 6.45) is 1.63. The van der Waals surface area contributed by atoms with Crippen molar-refractivity contribution in [3.63, 3.8) is 0 Å². The van der Waals surface area contributed by atoms with Gasteiger partial charge in [-0.15, -0.1) is 0 Å². The molecule has 0 saturated carbocycles. The predicted molar refractivity (Wildman–Crippen MR) is 110 cm³/mol. The molecule has 0 saturated heterocycles. The van der Waals surface area contributed by atoms with Crippen LogP contribution in [0.15, 0.2) is 79.1 Å². The number of hydrogen-bond acceptors (Lipinski definition) is 3. The predicted octanol–water partition coefficient (Wildman–Crippen LogP) is 5.07. The molecule has 2 heterocycles. The summed E-state index contributed by atoms with van der Waals surface area (Å²) in [5.41, 5.74) is 3.10. The topological polar surface area (TPSA) is 51.4 Å². The number of benzene rings is 3. The highest BCUT2D eigenvalue weighted by atomic mass is 16.1. The van der Waals surface area contributed by atoms with Crippen molar-refractivity contribution in [2.75, 3.05) is 0 Å². The number of carbonyl (C=O) groups is 2. The maximum atomic E-state index is 13.5. The highest BCUT2D eigenvalue weighted by Crippen LogP contribution is 2.28. The fourth-order valence-corrected chi connectivity index (χ4v) is 3.83. The normalized spacial score (nSPS) is 11.3. The molecule has 0 atom stereocenters. The number of ketones is 2. The summed E-state index contributed by atoms with van der Waals surface area (Å²) >= 11 is 0. The molecule has 2 aromatic heterocycles. The quantitative estimate of drug-likeness (QED) is 0.420. The Morgan fingerprint density at radius 2 is 1.54 bits per heavy atom. The highest BCUT2D eigenvalue weighted by Gasteiger charge is 2.22. The van der Waals surface area contributed by atoms with Crippen LogP contribution in [0.5, 0.6) is 0 Å². The van der Waals surface area contributed by atoms with Gasteiger partial charge in [0, 0.05) is 16.5 Å². The van der Waals surface area contributed by atoms with Crippen LogP contribution in [0, 0.1) is 0 Å². The Balaban J connectivity index is 1.83. The minimum Gasteiger partial charge on any atom is -0.296 e. The number of rotatable bonds is 3. The first kappa shape index (κ1) is 16.4. The molecule has 0 fully saturated rings. The molecule has 3 aromatic carbocycles. The number of fused-ring (bicyclic) bond motifs is 4. The zero-order valence-corrected chi connectivity index (χ0v) is 15.2. The molecule has 4 nitrogen and oxygen atoms in total. The molecule has 28 heavy (non-hydrogen) atoms. The molecule has 5 rings (SSSR count). The van der Waals surface area contributed by atoms with Gasteiger partial charge in [0.2, 0.25) is 5.78 Å². The van der Waals surface area contributed by atoms with Gasteiger partial charge in [-0.25, -0.2) is 4.98 Å². The van der Waals surface area contributed by atoms with Crippen LogP contribution in [-0.2, 0) is 0 Å². The minimum atomic E-state index is -0.128. The van der Waals surface area contributed by atoms with Gasteiger partial charge in [-0.2, -0.15) is 0 Å². The smallest absolute Gasteiger partial charge is 0.210 e. The lowest BCUT2D eigenvalue weighted by Crippen LogP contribution is -2.06. The van der Waals surface area contributed by atoms with Gasteiger partial charge in [0.15, 0.2) is 5.78 Å². The minimum absolute atomic E-state index is 0.0779. The van der Waals surface area contributed by atoms with Crippen LogP contribution >= 0.6 is 0 Å². The second kappa shape index (κ2) is 6.13. The molecule has 0 aliphatic carbocycles. The second-order valence-electron chi connectivity index (χ2n) is 6.84. The summed E-state index contributed by atoms with van der Waals surface area (Å²) < 4.78 is 1.74. The van der Waals surface area contributed by atoms with Crippen LogP contribution in [0.4, 0.5) is 0 Å². The van der Waals surface area contributed by atoms with Crippen molar-refractivity contribution in [3.8, 4) is 0 Å². The molecule has 5 aromatic rings. The van der Waals surface area contributed by atoms with Crippen LogP contribution in [0.1, 0.15) is 33.3 Å². The number of para-hydroxylation sites is 1. The van der Waals surface area contributed by atoms with Gasteiger partial charge in [0.25, 0.3) is 0 Å². The van der Waals surface area contributed by atoms with Crippen LogP contribution in [-0.4, -0.2) is 21.0 Å². The molecule has 0 aliphatic heterocycles. The van der Waals surface area contributed by atoms with Crippen LogP contribution in [0.25, 0.3) is 27.2 Å². The fourth-order valence-electron chi connectivity index (χ4n) is 3.83. The molecule has 0 radical (unpaired) electrons. The Kier molecular flexibility index (Phi) is 3.59. The third-order valence-electron chi connectivity index (χ3n) is 5.15. The zero-order valence-electron chi connectivity index (χ0n) is 15.2. The van der Waals surface area contributed by atoms with Gasteiger partial charge in [0.05, 0.1) is 16.7 Å². The van der Waals surface area contributed by atoms with E-state index < -0.39 is 0 Å². The molecule has 0 N–H and O–H groups in total. The number of nitrogens with zero attached hydrogens (tertiary/aromatic N) is 2. The van der Waals surface area contributed by atoms with Crippen molar-refractivity contribution in [3.05, 3.63) is 95.9 Å². The van der Waals surface area contributed by atoms with E-state index in [0.29, 0.717) is 16.8 Å². The Bertz CT molecular complexity index is 1410. The maximum absolute atomic E-state index is 13.5. The molecule has 0 bridgehead atoms. The van der Waals surface area contributed by atoms with E-state index in [0.717, 1.165) is 27.2 Å². The fraction of sp³-hybridized carbons (Fsp3) is 0.0417. The molecule has 0 spiro atoms. The molecule has 0 amide bonds. The summed E-state index contributed by atoms with van der Waals surface area (Å²) in [7, 11) is 0. The van der Waals surface area contributed by atoms with Gasteiger partial charge in [-0.3, -0.25) is 14.0 Å². The van der Waals surface area contributed by atoms with Crippen molar-refractivity contribution in [1.29, 1.82) is 0 Å². The third kappa shape index (κ3) is 2.35.